The molecule has 2 aliphatic carbocycles. The van der Waals surface area contributed by atoms with Crippen molar-refractivity contribution < 1.29 is 14.3 Å². The smallest absolute Gasteiger partial charge is 0.319 e. The molecule has 2 rings (SSSR count). The third-order valence-electron chi connectivity index (χ3n) is 5.25. The summed E-state index contributed by atoms with van der Waals surface area (Å²) in [5.74, 6) is -0.0616. The fourth-order valence-electron chi connectivity index (χ4n) is 3.77. The van der Waals surface area contributed by atoms with E-state index in [1.165, 1.54) is 0 Å². The number of hydrogen-bond acceptors (Lipinski definition) is 3. The number of rotatable bonds is 2. The Hall–Kier alpha value is -0.860. The van der Waals surface area contributed by atoms with Crippen LogP contribution < -0.4 is 0 Å². The number of Topliss-reactive ketones (excluding diaryl/α,β-unsaturated/α-hetero) is 1. The number of esters is 1. The molecule has 0 amide bonds. The molecule has 0 aromatic carbocycles. The van der Waals surface area contributed by atoms with Crippen LogP contribution in [0.4, 0.5) is 0 Å². The van der Waals surface area contributed by atoms with Crippen molar-refractivity contribution in [3.63, 3.8) is 0 Å². The van der Waals surface area contributed by atoms with E-state index in [2.05, 4.69) is 0 Å². The van der Waals surface area contributed by atoms with Crippen molar-refractivity contribution in [2.45, 2.75) is 59.3 Å². The maximum Gasteiger partial charge on any atom is 0.319 e. The van der Waals surface area contributed by atoms with Crippen LogP contribution in [0.5, 0.6) is 0 Å². The minimum Gasteiger partial charge on any atom is -0.465 e. The van der Waals surface area contributed by atoms with Crippen molar-refractivity contribution in [2.24, 2.45) is 16.7 Å². The van der Waals surface area contributed by atoms with Crippen LogP contribution in [0, 0.1) is 16.7 Å². The minimum absolute atomic E-state index is 0.0928. The summed E-state index contributed by atoms with van der Waals surface area (Å²) in [6.45, 7) is 5.96. The molecule has 2 atom stereocenters. The predicted octanol–water partition coefficient (Wildman–Crippen LogP) is 3.12. The normalized spacial score (nSPS) is 34.8. The summed E-state index contributed by atoms with van der Waals surface area (Å²) in [6.07, 6.45) is 6.10. The molecule has 2 aliphatic rings. The molecule has 0 saturated heterocycles. The average Bonchev–Trinajstić information content (AvgIpc) is 2.82. The number of ether oxygens (including phenoxy) is 1. The highest BCUT2D eigenvalue weighted by atomic mass is 16.5. The van der Waals surface area contributed by atoms with Gasteiger partial charge >= 0.3 is 5.97 Å². The van der Waals surface area contributed by atoms with Crippen LogP contribution in [0.25, 0.3) is 0 Å². The molecule has 0 radical (unpaired) electrons. The maximum absolute atomic E-state index is 12.9. The first-order valence-electron chi connectivity index (χ1n) is 7.19. The molecule has 0 bridgehead atoms. The first-order valence-corrected chi connectivity index (χ1v) is 7.19. The van der Waals surface area contributed by atoms with Gasteiger partial charge in [-0.2, -0.15) is 0 Å². The molecule has 0 unspecified atom stereocenters. The zero-order valence-electron chi connectivity index (χ0n) is 11.8. The fourth-order valence-corrected chi connectivity index (χ4v) is 3.77. The zero-order valence-corrected chi connectivity index (χ0v) is 11.8. The summed E-state index contributed by atoms with van der Waals surface area (Å²) in [6, 6.07) is 0. The highest BCUT2D eigenvalue weighted by Gasteiger charge is 2.58. The Bertz CT molecular complexity index is 355. The molecule has 0 aliphatic heterocycles. The van der Waals surface area contributed by atoms with Crippen molar-refractivity contribution in [1.29, 1.82) is 0 Å². The van der Waals surface area contributed by atoms with Crippen LogP contribution in [0.15, 0.2) is 0 Å². The van der Waals surface area contributed by atoms with Gasteiger partial charge in [-0.05, 0) is 45.4 Å². The SMILES string of the molecule is CCOC(=O)[C@]1(C)C(=O)C2(CCCC2)CC[C@H]1C. The quantitative estimate of drug-likeness (QED) is 0.560. The molecule has 3 nitrogen and oxygen atoms in total. The van der Waals surface area contributed by atoms with E-state index in [1.54, 1.807) is 13.8 Å². The van der Waals surface area contributed by atoms with Crippen LogP contribution >= 0.6 is 0 Å². The summed E-state index contributed by atoms with van der Waals surface area (Å²) in [5.41, 5.74) is -1.13. The first-order chi connectivity index (χ1) is 8.47. The lowest BCUT2D eigenvalue weighted by molar-refractivity contribution is -0.170. The topological polar surface area (TPSA) is 43.4 Å². The molecule has 102 valence electrons. The van der Waals surface area contributed by atoms with Crippen molar-refractivity contribution in [1.82, 2.24) is 0 Å². The second-order valence-corrected chi connectivity index (χ2v) is 6.18. The van der Waals surface area contributed by atoms with Gasteiger partial charge in [0.05, 0.1) is 6.61 Å². The standard InChI is InChI=1S/C15H24O3/c1-4-18-13(17)14(3)11(2)7-10-15(12(14)16)8-5-6-9-15/h11H,4-10H2,1-3H3/t11-,14+/m1/s1. The lowest BCUT2D eigenvalue weighted by Crippen LogP contribution is -2.53. The number of hydrogen-bond donors (Lipinski definition) is 0. The van der Waals surface area contributed by atoms with Crippen molar-refractivity contribution >= 4 is 11.8 Å². The molecule has 2 fully saturated rings. The van der Waals surface area contributed by atoms with Gasteiger partial charge in [0.2, 0.25) is 0 Å². The van der Waals surface area contributed by atoms with Gasteiger partial charge in [-0.3, -0.25) is 9.59 Å². The van der Waals surface area contributed by atoms with Gasteiger partial charge in [0, 0.05) is 5.41 Å². The Labute approximate surface area is 109 Å². The summed E-state index contributed by atoms with van der Waals surface area (Å²) >= 11 is 0. The van der Waals surface area contributed by atoms with Gasteiger partial charge < -0.3 is 4.74 Å². The van der Waals surface area contributed by atoms with Crippen molar-refractivity contribution in [3.8, 4) is 0 Å². The van der Waals surface area contributed by atoms with Gasteiger partial charge in [0.1, 0.15) is 5.41 Å². The molecular formula is C15H24O3. The van der Waals surface area contributed by atoms with Gasteiger partial charge in [-0.1, -0.05) is 19.8 Å². The van der Waals surface area contributed by atoms with Crippen LogP contribution in [0.1, 0.15) is 59.3 Å². The van der Waals surface area contributed by atoms with Gasteiger partial charge in [0.15, 0.2) is 5.78 Å². The van der Waals surface area contributed by atoms with Gasteiger partial charge in [-0.25, -0.2) is 0 Å². The number of carbonyl (C=O) groups is 2. The first kappa shape index (κ1) is 13.6. The van der Waals surface area contributed by atoms with Gasteiger partial charge in [0.25, 0.3) is 0 Å². The van der Waals surface area contributed by atoms with Crippen molar-refractivity contribution in [2.75, 3.05) is 6.61 Å². The van der Waals surface area contributed by atoms with E-state index in [4.69, 9.17) is 4.74 Å². The average molecular weight is 252 g/mol. The van der Waals surface area contributed by atoms with E-state index in [0.29, 0.717) is 6.61 Å². The van der Waals surface area contributed by atoms with Crippen LogP contribution in [-0.4, -0.2) is 18.4 Å². The summed E-state index contributed by atoms with van der Waals surface area (Å²) < 4.78 is 5.17. The molecule has 0 N–H and O–H groups in total. The van der Waals surface area contributed by atoms with E-state index in [9.17, 15) is 9.59 Å². The maximum atomic E-state index is 12.9. The van der Waals surface area contributed by atoms with E-state index in [1.807, 2.05) is 6.92 Å². The lowest BCUT2D eigenvalue weighted by Gasteiger charge is -2.45. The molecule has 2 saturated carbocycles. The Kier molecular flexibility index (Phi) is 3.52. The largest absolute Gasteiger partial charge is 0.465 e. The predicted molar refractivity (Wildman–Crippen MR) is 69.0 cm³/mol. The molecule has 0 aromatic rings. The Morgan fingerprint density at radius 3 is 2.50 bits per heavy atom. The third kappa shape index (κ3) is 1.79. The minimum atomic E-state index is -0.918. The van der Waals surface area contributed by atoms with Gasteiger partial charge in [-0.15, -0.1) is 0 Å². The van der Waals surface area contributed by atoms with E-state index in [0.717, 1.165) is 38.5 Å². The summed E-state index contributed by atoms with van der Waals surface area (Å²) in [7, 11) is 0. The van der Waals surface area contributed by atoms with Crippen LogP contribution in [0.3, 0.4) is 0 Å². The van der Waals surface area contributed by atoms with Crippen LogP contribution in [0.2, 0.25) is 0 Å². The van der Waals surface area contributed by atoms with E-state index in [-0.39, 0.29) is 23.1 Å². The Morgan fingerprint density at radius 2 is 1.94 bits per heavy atom. The molecule has 18 heavy (non-hydrogen) atoms. The summed E-state index contributed by atoms with van der Waals surface area (Å²) in [5, 5.41) is 0. The van der Waals surface area contributed by atoms with E-state index < -0.39 is 5.41 Å². The molecule has 1 spiro atoms. The summed E-state index contributed by atoms with van der Waals surface area (Å²) in [4.78, 5) is 25.1. The van der Waals surface area contributed by atoms with Crippen molar-refractivity contribution in [3.05, 3.63) is 0 Å². The highest BCUT2D eigenvalue weighted by Crippen LogP contribution is 2.54. The fraction of sp³-hybridized carbons (Fsp3) is 0.867. The Balaban J connectivity index is 2.31. The zero-order chi connectivity index (χ0) is 13.4. The lowest BCUT2D eigenvalue weighted by atomic mass is 9.56. The Morgan fingerprint density at radius 1 is 1.33 bits per heavy atom. The van der Waals surface area contributed by atoms with Crippen LogP contribution in [-0.2, 0) is 14.3 Å². The second-order valence-electron chi connectivity index (χ2n) is 6.18. The monoisotopic (exact) mass is 252 g/mol. The van der Waals surface area contributed by atoms with E-state index >= 15 is 0 Å². The number of ketones is 1. The molecule has 0 aromatic heterocycles. The second kappa shape index (κ2) is 4.67. The number of carbonyl (C=O) groups excluding carboxylic acids is 2. The molecular weight excluding hydrogens is 228 g/mol. The third-order valence-corrected chi connectivity index (χ3v) is 5.25. The molecule has 0 heterocycles. The highest BCUT2D eigenvalue weighted by molar-refractivity contribution is 6.07. The molecule has 3 heteroatoms.